The largest absolute Gasteiger partial charge is 0.348 e. The molecule has 1 unspecified atom stereocenters. The van der Waals surface area contributed by atoms with Gasteiger partial charge in [0.25, 0.3) is 5.91 Å². The van der Waals surface area contributed by atoms with E-state index in [1.165, 1.54) is 0 Å². The summed E-state index contributed by atoms with van der Waals surface area (Å²) in [6, 6.07) is 0.159. The number of fused-ring (bicyclic) bond motifs is 1. The van der Waals surface area contributed by atoms with Crippen molar-refractivity contribution >= 4 is 5.91 Å². The molecular formula is C12H20N4O. The second-order valence-corrected chi connectivity index (χ2v) is 4.96. The summed E-state index contributed by atoms with van der Waals surface area (Å²) in [4.78, 5) is 12.1. The van der Waals surface area contributed by atoms with Crippen LogP contribution in [-0.4, -0.2) is 28.7 Å². The topological polar surface area (TPSA) is 69.8 Å². The minimum atomic E-state index is -0.0765. The summed E-state index contributed by atoms with van der Waals surface area (Å²) < 4.78 is 0. The summed E-state index contributed by atoms with van der Waals surface area (Å²) >= 11 is 0. The molecule has 2 rings (SSSR count). The van der Waals surface area contributed by atoms with Gasteiger partial charge in [0.15, 0.2) is 5.69 Å². The molecule has 0 bridgehead atoms. The van der Waals surface area contributed by atoms with E-state index in [9.17, 15) is 4.79 Å². The van der Waals surface area contributed by atoms with Gasteiger partial charge in [0.1, 0.15) is 0 Å². The third-order valence-corrected chi connectivity index (χ3v) is 3.38. The molecule has 17 heavy (non-hydrogen) atoms. The molecule has 2 heterocycles. The van der Waals surface area contributed by atoms with E-state index in [1.54, 1.807) is 0 Å². The van der Waals surface area contributed by atoms with Crippen LogP contribution in [0.3, 0.4) is 0 Å². The Morgan fingerprint density at radius 1 is 1.41 bits per heavy atom. The van der Waals surface area contributed by atoms with Crippen molar-refractivity contribution in [3.05, 3.63) is 17.0 Å². The van der Waals surface area contributed by atoms with Crippen molar-refractivity contribution < 1.29 is 4.79 Å². The van der Waals surface area contributed by atoms with E-state index in [1.807, 2.05) is 6.92 Å². The Kier molecular flexibility index (Phi) is 3.47. The number of aromatic nitrogens is 2. The minimum Gasteiger partial charge on any atom is -0.348 e. The molecular weight excluding hydrogens is 216 g/mol. The van der Waals surface area contributed by atoms with Crippen molar-refractivity contribution in [1.82, 2.24) is 20.8 Å². The Hall–Kier alpha value is -1.36. The molecule has 0 saturated heterocycles. The maximum absolute atomic E-state index is 12.1. The molecule has 94 valence electrons. The van der Waals surface area contributed by atoms with Gasteiger partial charge in [-0.3, -0.25) is 9.89 Å². The van der Waals surface area contributed by atoms with E-state index in [4.69, 9.17) is 0 Å². The zero-order valence-corrected chi connectivity index (χ0v) is 10.6. The molecule has 0 aromatic carbocycles. The zero-order valence-electron chi connectivity index (χ0n) is 10.6. The molecule has 1 aliphatic rings. The number of nitrogens with zero attached hydrogens (tertiary/aromatic N) is 1. The lowest BCUT2D eigenvalue weighted by molar-refractivity contribution is 0.0924. The van der Waals surface area contributed by atoms with E-state index < -0.39 is 0 Å². The highest BCUT2D eigenvalue weighted by molar-refractivity contribution is 5.94. The summed E-state index contributed by atoms with van der Waals surface area (Å²) in [7, 11) is 0. The molecule has 3 N–H and O–H groups in total. The Bertz CT molecular complexity index is 411. The predicted octanol–water partition coefficient (Wildman–Crippen LogP) is 0.830. The smallest absolute Gasteiger partial charge is 0.272 e. The molecule has 1 amide bonds. The van der Waals surface area contributed by atoms with Gasteiger partial charge in [-0.15, -0.1) is 0 Å². The van der Waals surface area contributed by atoms with Gasteiger partial charge < -0.3 is 10.6 Å². The molecule has 0 fully saturated rings. The van der Waals surface area contributed by atoms with Gasteiger partial charge in [-0.25, -0.2) is 0 Å². The van der Waals surface area contributed by atoms with Crippen molar-refractivity contribution in [2.45, 2.75) is 39.8 Å². The van der Waals surface area contributed by atoms with E-state index in [0.29, 0.717) is 11.6 Å². The van der Waals surface area contributed by atoms with Crippen LogP contribution in [0.1, 0.15) is 42.5 Å². The highest BCUT2D eigenvalue weighted by Crippen LogP contribution is 2.15. The van der Waals surface area contributed by atoms with Gasteiger partial charge in [-0.05, 0) is 12.8 Å². The number of carbonyl (C=O) groups is 1. The van der Waals surface area contributed by atoms with Crippen molar-refractivity contribution in [3.8, 4) is 0 Å². The lowest BCUT2D eigenvalue weighted by Gasteiger charge is -2.18. The van der Waals surface area contributed by atoms with Gasteiger partial charge in [-0.2, -0.15) is 5.10 Å². The first-order chi connectivity index (χ1) is 8.09. The fourth-order valence-electron chi connectivity index (χ4n) is 1.85. The third-order valence-electron chi connectivity index (χ3n) is 3.38. The van der Waals surface area contributed by atoms with Gasteiger partial charge in [-0.1, -0.05) is 13.8 Å². The lowest BCUT2D eigenvalue weighted by atomic mass is 10.0. The highest BCUT2D eigenvalue weighted by Gasteiger charge is 2.22. The van der Waals surface area contributed by atoms with Crippen LogP contribution in [0.4, 0.5) is 0 Å². The first kappa shape index (κ1) is 12.1. The molecule has 0 spiro atoms. The molecule has 0 aliphatic carbocycles. The van der Waals surface area contributed by atoms with E-state index in [0.717, 1.165) is 30.8 Å². The molecule has 5 heteroatoms. The first-order valence-corrected chi connectivity index (χ1v) is 6.17. The zero-order chi connectivity index (χ0) is 12.4. The van der Waals surface area contributed by atoms with Crippen LogP contribution in [-0.2, 0) is 13.0 Å². The number of hydrogen-bond acceptors (Lipinski definition) is 3. The Morgan fingerprint density at radius 2 is 2.18 bits per heavy atom. The molecule has 5 nitrogen and oxygen atoms in total. The number of H-pyrrole nitrogens is 1. The molecule has 0 saturated carbocycles. The normalized spacial score (nSPS) is 16.7. The molecule has 1 aromatic rings. The standard InChI is InChI=1S/C12H20N4O/c1-7(2)8(3)14-12(17)11-9-6-13-5-4-10(9)15-16-11/h7-8,13H,4-6H2,1-3H3,(H,14,17)(H,15,16). The number of rotatable bonds is 3. The third kappa shape index (κ3) is 2.49. The number of amides is 1. The molecule has 1 atom stereocenters. The van der Waals surface area contributed by atoms with Crippen molar-refractivity contribution in [1.29, 1.82) is 0 Å². The maximum atomic E-state index is 12.1. The second kappa shape index (κ2) is 4.87. The van der Waals surface area contributed by atoms with Crippen molar-refractivity contribution in [2.75, 3.05) is 6.54 Å². The van der Waals surface area contributed by atoms with Crippen LogP contribution in [0.25, 0.3) is 0 Å². The average molecular weight is 236 g/mol. The highest BCUT2D eigenvalue weighted by atomic mass is 16.2. The van der Waals surface area contributed by atoms with Crippen molar-refractivity contribution in [3.63, 3.8) is 0 Å². The summed E-state index contributed by atoms with van der Waals surface area (Å²) in [6.07, 6.45) is 0.912. The average Bonchev–Trinajstić information content (AvgIpc) is 2.72. The summed E-state index contributed by atoms with van der Waals surface area (Å²) in [5.74, 6) is 0.347. The van der Waals surface area contributed by atoms with E-state index >= 15 is 0 Å². The molecule has 1 aliphatic heterocycles. The number of carbonyl (C=O) groups excluding carboxylic acids is 1. The summed E-state index contributed by atoms with van der Waals surface area (Å²) in [5.41, 5.74) is 2.65. The van der Waals surface area contributed by atoms with Crippen LogP contribution in [0.2, 0.25) is 0 Å². The summed E-state index contributed by atoms with van der Waals surface area (Å²) in [6.45, 7) is 7.86. The fraction of sp³-hybridized carbons (Fsp3) is 0.667. The molecule has 0 radical (unpaired) electrons. The Balaban J connectivity index is 2.12. The second-order valence-electron chi connectivity index (χ2n) is 4.96. The van der Waals surface area contributed by atoms with Gasteiger partial charge in [0, 0.05) is 36.8 Å². The van der Waals surface area contributed by atoms with E-state index in [2.05, 4.69) is 34.7 Å². The Labute approximate surface area is 101 Å². The van der Waals surface area contributed by atoms with Crippen molar-refractivity contribution in [2.24, 2.45) is 5.92 Å². The summed E-state index contributed by atoms with van der Waals surface area (Å²) in [5, 5.41) is 13.3. The monoisotopic (exact) mass is 236 g/mol. The molecule has 1 aromatic heterocycles. The van der Waals surface area contributed by atoms with Crippen LogP contribution in [0.15, 0.2) is 0 Å². The SMILES string of the molecule is CC(C)C(C)NC(=O)c1n[nH]c2c1CNCC2. The quantitative estimate of drug-likeness (QED) is 0.728. The number of aromatic amines is 1. The van der Waals surface area contributed by atoms with Gasteiger partial charge in [0.05, 0.1) is 0 Å². The van der Waals surface area contributed by atoms with Crippen LogP contribution in [0, 0.1) is 5.92 Å². The Morgan fingerprint density at radius 3 is 2.88 bits per heavy atom. The predicted molar refractivity (Wildman–Crippen MR) is 65.8 cm³/mol. The van der Waals surface area contributed by atoms with Crippen LogP contribution < -0.4 is 10.6 Å². The van der Waals surface area contributed by atoms with Gasteiger partial charge in [0.2, 0.25) is 0 Å². The fourth-order valence-corrected chi connectivity index (χ4v) is 1.85. The number of hydrogen-bond donors (Lipinski definition) is 3. The van der Waals surface area contributed by atoms with Crippen LogP contribution in [0.5, 0.6) is 0 Å². The minimum absolute atomic E-state index is 0.0765. The van der Waals surface area contributed by atoms with Gasteiger partial charge >= 0.3 is 0 Å². The first-order valence-electron chi connectivity index (χ1n) is 6.17. The maximum Gasteiger partial charge on any atom is 0.272 e. The number of nitrogens with one attached hydrogen (secondary N) is 3. The lowest BCUT2D eigenvalue weighted by Crippen LogP contribution is -2.37. The van der Waals surface area contributed by atoms with Crippen LogP contribution >= 0.6 is 0 Å². The van der Waals surface area contributed by atoms with E-state index in [-0.39, 0.29) is 11.9 Å².